The number of urea groups is 1. The molecule has 0 saturated carbocycles. The first-order valence-corrected chi connectivity index (χ1v) is 10.2. The number of hydrogen-bond donors (Lipinski definition) is 2. The van der Waals surface area contributed by atoms with Crippen molar-refractivity contribution < 1.29 is 14.6 Å². The van der Waals surface area contributed by atoms with E-state index in [1.165, 1.54) is 5.56 Å². The van der Waals surface area contributed by atoms with Crippen LogP contribution in [0.3, 0.4) is 0 Å². The number of phenolic OH excluding ortho intramolecular Hbond substituents is 1. The average molecular weight is 396 g/mol. The van der Waals surface area contributed by atoms with Crippen molar-refractivity contribution in [3.63, 3.8) is 0 Å². The summed E-state index contributed by atoms with van der Waals surface area (Å²) in [7, 11) is 3.52. The molecule has 1 fully saturated rings. The number of ether oxygens (including phenoxy) is 1. The first-order valence-electron chi connectivity index (χ1n) is 10.2. The van der Waals surface area contributed by atoms with Crippen LogP contribution in [-0.2, 0) is 6.54 Å². The van der Waals surface area contributed by atoms with E-state index in [4.69, 9.17) is 4.74 Å². The van der Waals surface area contributed by atoms with Crippen LogP contribution in [-0.4, -0.2) is 53.7 Å². The molecule has 1 unspecified atom stereocenters. The summed E-state index contributed by atoms with van der Waals surface area (Å²) in [5.74, 6) is 1.18. The van der Waals surface area contributed by atoms with E-state index in [-0.39, 0.29) is 17.7 Å². The van der Waals surface area contributed by atoms with Crippen LogP contribution in [0.25, 0.3) is 0 Å². The van der Waals surface area contributed by atoms with E-state index >= 15 is 0 Å². The minimum Gasteiger partial charge on any atom is -0.508 e. The van der Waals surface area contributed by atoms with Crippen molar-refractivity contribution >= 4 is 6.03 Å². The van der Waals surface area contributed by atoms with E-state index in [0.717, 1.165) is 50.2 Å². The molecule has 2 aliphatic rings. The number of piperidine rings is 1. The highest BCUT2D eigenvalue weighted by molar-refractivity contribution is 5.74. The van der Waals surface area contributed by atoms with Gasteiger partial charge >= 0.3 is 6.03 Å². The monoisotopic (exact) mass is 395 g/mol. The quantitative estimate of drug-likeness (QED) is 0.835. The van der Waals surface area contributed by atoms with E-state index in [2.05, 4.69) is 10.2 Å². The largest absolute Gasteiger partial charge is 0.508 e. The number of carbonyl (C=O) groups excluding carboxylic acids is 1. The lowest BCUT2D eigenvalue weighted by Gasteiger charge is -2.47. The number of carbonyl (C=O) groups is 1. The Labute approximate surface area is 172 Å². The van der Waals surface area contributed by atoms with Crippen molar-refractivity contribution in [1.29, 1.82) is 0 Å². The van der Waals surface area contributed by atoms with Gasteiger partial charge in [0.1, 0.15) is 17.1 Å². The van der Waals surface area contributed by atoms with Crippen LogP contribution in [0.4, 0.5) is 4.79 Å². The van der Waals surface area contributed by atoms with Gasteiger partial charge in [-0.2, -0.15) is 0 Å². The van der Waals surface area contributed by atoms with Crippen LogP contribution >= 0.6 is 0 Å². The van der Waals surface area contributed by atoms with Crippen molar-refractivity contribution in [3.05, 3.63) is 59.7 Å². The smallest absolute Gasteiger partial charge is 0.317 e. The number of rotatable bonds is 3. The fourth-order valence-corrected chi connectivity index (χ4v) is 4.31. The summed E-state index contributed by atoms with van der Waals surface area (Å²) in [4.78, 5) is 16.3. The SMILES string of the molecule is CN(C)C(=O)NC1CC2(CCN(Cc3ccc(O)cc3)CC2)Oc2ccccc21. The molecular formula is C23H29N3O3. The summed E-state index contributed by atoms with van der Waals surface area (Å²) in [6.45, 7) is 2.75. The van der Waals surface area contributed by atoms with Gasteiger partial charge in [0.05, 0.1) is 6.04 Å². The first-order chi connectivity index (χ1) is 13.9. The number of hydrogen-bond acceptors (Lipinski definition) is 4. The normalized spacial score (nSPS) is 20.6. The van der Waals surface area contributed by atoms with Crippen LogP contribution in [0.5, 0.6) is 11.5 Å². The third-order valence-corrected chi connectivity index (χ3v) is 6.01. The molecule has 2 amide bonds. The molecule has 1 saturated heterocycles. The summed E-state index contributed by atoms with van der Waals surface area (Å²) in [6, 6.07) is 15.3. The number of aromatic hydroxyl groups is 1. The zero-order valence-corrected chi connectivity index (χ0v) is 17.1. The van der Waals surface area contributed by atoms with Crippen molar-refractivity contribution in [3.8, 4) is 11.5 Å². The van der Waals surface area contributed by atoms with Crippen LogP contribution < -0.4 is 10.1 Å². The molecular weight excluding hydrogens is 366 g/mol. The van der Waals surface area contributed by atoms with Crippen molar-refractivity contribution in [2.24, 2.45) is 0 Å². The van der Waals surface area contributed by atoms with Gasteiger partial charge in [-0.15, -0.1) is 0 Å². The zero-order chi connectivity index (χ0) is 20.4. The molecule has 0 aliphatic carbocycles. The maximum Gasteiger partial charge on any atom is 0.317 e. The van der Waals surface area contributed by atoms with Crippen molar-refractivity contribution in [2.45, 2.75) is 37.5 Å². The molecule has 154 valence electrons. The predicted molar refractivity (Wildman–Crippen MR) is 112 cm³/mol. The highest BCUT2D eigenvalue weighted by atomic mass is 16.5. The second-order valence-electron chi connectivity index (χ2n) is 8.37. The van der Waals surface area contributed by atoms with Gasteiger partial charge in [-0.25, -0.2) is 4.79 Å². The van der Waals surface area contributed by atoms with Gasteiger partial charge in [0.2, 0.25) is 0 Å². The molecule has 2 N–H and O–H groups in total. The molecule has 29 heavy (non-hydrogen) atoms. The molecule has 2 heterocycles. The molecule has 4 rings (SSSR count). The Hall–Kier alpha value is -2.73. The molecule has 1 atom stereocenters. The topological polar surface area (TPSA) is 65.0 Å². The van der Waals surface area contributed by atoms with E-state index < -0.39 is 0 Å². The van der Waals surface area contributed by atoms with E-state index in [0.29, 0.717) is 5.75 Å². The van der Waals surface area contributed by atoms with Gasteiger partial charge in [-0.05, 0) is 36.6 Å². The van der Waals surface area contributed by atoms with Gasteiger partial charge in [-0.1, -0.05) is 30.3 Å². The minimum atomic E-state index is -0.246. The van der Waals surface area contributed by atoms with E-state index in [1.54, 1.807) is 31.1 Å². The highest BCUT2D eigenvalue weighted by Gasteiger charge is 2.43. The fourth-order valence-electron chi connectivity index (χ4n) is 4.31. The Morgan fingerprint density at radius 3 is 2.55 bits per heavy atom. The molecule has 6 nitrogen and oxygen atoms in total. The van der Waals surface area contributed by atoms with Gasteiger partial charge in [0.25, 0.3) is 0 Å². The van der Waals surface area contributed by atoms with Crippen LogP contribution in [0.15, 0.2) is 48.5 Å². The Morgan fingerprint density at radius 1 is 1.17 bits per heavy atom. The number of benzene rings is 2. The third kappa shape index (κ3) is 4.32. The molecule has 2 aliphatic heterocycles. The third-order valence-electron chi connectivity index (χ3n) is 6.01. The van der Waals surface area contributed by atoms with E-state index in [1.807, 2.05) is 36.4 Å². The lowest BCUT2D eigenvalue weighted by molar-refractivity contribution is -0.0261. The molecule has 0 aromatic heterocycles. The predicted octanol–water partition coefficient (Wildman–Crippen LogP) is 3.52. The second kappa shape index (κ2) is 7.95. The zero-order valence-electron chi connectivity index (χ0n) is 17.1. The molecule has 6 heteroatoms. The Morgan fingerprint density at radius 2 is 1.86 bits per heavy atom. The van der Waals surface area contributed by atoms with Crippen molar-refractivity contribution in [1.82, 2.24) is 15.1 Å². The highest BCUT2D eigenvalue weighted by Crippen LogP contribution is 2.44. The molecule has 0 radical (unpaired) electrons. The maximum absolute atomic E-state index is 12.3. The van der Waals surface area contributed by atoms with Gasteiger partial charge in [-0.3, -0.25) is 4.90 Å². The summed E-state index contributed by atoms with van der Waals surface area (Å²) in [5, 5.41) is 12.6. The minimum absolute atomic E-state index is 0.0431. The first kappa shape index (κ1) is 19.6. The van der Waals surface area contributed by atoms with Crippen LogP contribution in [0.1, 0.15) is 36.4 Å². The molecule has 1 spiro atoms. The Balaban J connectivity index is 1.46. The number of para-hydroxylation sites is 1. The summed E-state index contributed by atoms with van der Waals surface area (Å²) >= 11 is 0. The average Bonchev–Trinajstić information content (AvgIpc) is 2.71. The number of fused-ring (bicyclic) bond motifs is 1. The molecule has 2 aromatic rings. The second-order valence-corrected chi connectivity index (χ2v) is 8.37. The molecule has 2 aromatic carbocycles. The summed E-state index contributed by atoms with van der Waals surface area (Å²) in [6.07, 6.45) is 2.64. The van der Waals surface area contributed by atoms with Gasteiger partial charge in [0.15, 0.2) is 0 Å². The lowest BCUT2D eigenvalue weighted by Crippen LogP contribution is -2.52. The van der Waals surface area contributed by atoms with Crippen LogP contribution in [0, 0.1) is 0 Å². The van der Waals surface area contributed by atoms with E-state index in [9.17, 15) is 9.90 Å². The van der Waals surface area contributed by atoms with Crippen LogP contribution in [0.2, 0.25) is 0 Å². The molecule has 0 bridgehead atoms. The number of likely N-dealkylation sites (tertiary alicyclic amines) is 1. The standard InChI is InChI=1S/C23H29N3O3/c1-25(2)22(28)24-20-15-23(29-21-6-4-3-5-19(20)21)11-13-26(14-12-23)16-17-7-9-18(27)10-8-17/h3-10,20,27H,11-16H2,1-2H3,(H,24,28). The maximum atomic E-state index is 12.3. The Kier molecular flexibility index (Phi) is 5.37. The number of nitrogens with one attached hydrogen (secondary N) is 1. The number of nitrogens with zero attached hydrogens (tertiary/aromatic N) is 2. The summed E-state index contributed by atoms with van der Waals surface area (Å²) in [5.41, 5.74) is 2.01. The summed E-state index contributed by atoms with van der Waals surface area (Å²) < 4.78 is 6.52. The number of phenols is 1. The number of amides is 2. The Bertz CT molecular complexity index is 858. The van der Waals surface area contributed by atoms with Gasteiger partial charge in [0, 0.05) is 45.7 Å². The fraction of sp³-hybridized carbons (Fsp3) is 0.435. The lowest BCUT2D eigenvalue weighted by atomic mass is 9.80. The van der Waals surface area contributed by atoms with Crippen molar-refractivity contribution in [2.75, 3.05) is 27.2 Å². The van der Waals surface area contributed by atoms with Gasteiger partial charge < -0.3 is 20.1 Å².